The molecule has 0 aliphatic rings. The second-order valence-electron chi connectivity index (χ2n) is 5.90. The summed E-state index contributed by atoms with van der Waals surface area (Å²) < 4.78 is 0. The number of aliphatic hydroxyl groups excluding tert-OH is 1. The lowest BCUT2D eigenvalue weighted by atomic mass is 9.85. The van der Waals surface area contributed by atoms with Gasteiger partial charge in [-0.05, 0) is 41.9 Å². The lowest BCUT2D eigenvalue weighted by molar-refractivity contribution is 0.281. The first kappa shape index (κ1) is 16.0. The van der Waals surface area contributed by atoms with Gasteiger partial charge in [-0.25, -0.2) is 4.98 Å². The highest BCUT2D eigenvalue weighted by Crippen LogP contribution is 2.21. The molecule has 108 valence electrons. The van der Waals surface area contributed by atoms with Crippen LogP contribution in [0.5, 0.6) is 0 Å². The van der Waals surface area contributed by atoms with Crippen molar-refractivity contribution >= 4 is 5.82 Å². The lowest BCUT2D eigenvalue weighted by Crippen LogP contribution is -2.25. The molecule has 0 saturated carbocycles. The van der Waals surface area contributed by atoms with E-state index in [2.05, 4.69) is 44.9 Å². The molecule has 3 nitrogen and oxygen atoms in total. The molecule has 0 bridgehead atoms. The number of anilines is 1. The van der Waals surface area contributed by atoms with Crippen molar-refractivity contribution in [2.24, 2.45) is 17.8 Å². The van der Waals surface area contributed by atoms with E-state index in [0.717, 1.165) is 30.0 Å². The molecule has 0 radical (unpaired) electrons. The Bertz CT molecular complexity index is 358. The Labute approximate surface area is 117 Å². The summed E-state index contributed by atoms with van der Waals surface area (Å²) in [6.07, 6.45) is 0.889. The van der Waals surface area contributed by atoms with Crippen LogP contribution in [-0.4, -0.2) is 16.6 Å². The van der Waals surface area contributed by atoms with Crippen LogP contribution in [0.2, 0.25) is 0 Å². The minimum absolute atomic E-state index is 0.0714. The van der Waals surface area contributed by atoms with Gasteiger partial charge in [0.15, 0.2) is 0 Å². The maximum Gasteiger partial charge on any atom is 0.126 e. The van der Waals surface area contributed by atoms with Gasteiger partial charge >= 0.3 is 0 Å². The van der Waals surface area contributed by atoms with E-state index in [1.165, 1.54) is 0 Å². The number of rotatable bonds is 7. The van der Waals surface area contributed by atoms with E-state index in [0.29, 0.717) is 17.8 Å². The van der Waals surface area contributed by atoms with Crippen molar-refractivity contribution < 1.29 is 5.11 Å². The molecule has 0 aliphatic heterocycles. The van der Waals surface area contributed by atoms with Gasteiger partial charge in [-0.1, -0.05) is 34.6 Å². The van der Waals surface area contributed by atoms with Gasteiger partial charge < -0.3 is 10.4 Å². The Hall–Kier alpha value is -1.09. The largest absolute Gasteiger partial charge is 0.392 e. The molecule has 1 aromatic rings. The van der Waals surface area contributed by atoms with Crippen LogP contribution in [0.25, 0.3) is 0 Å². The van der Waals surface area contributed by atoms with Crippen LogP contribution < -0.4 is 5.32 Å². The number of aliphatic hydroxyl groups is 1. The fraction of sp³-hybridized carbons (Fsp3) is 0.688. The van der Waals surface area contributed by atoms with Gasteiger partial charge in [-0.2, -0.15) is 0 Å². The smallest absolute Gasteiger partial charge is 0.126 e. The third kappa shape index (κ3) is 4.83. The summed E-state index contributed by atoms with van der Waals surface area (Å²) in [5.74, 6) is 2.82. The standard InChI is InChI=1S/C16H28N2O/c1-6-14-7-13(10-19)8-16(18-14)17-9-15(11(2)3)12(4)5/h7-8,11-12,15,19H,6,9-10H2,1-5H3,(H,17,18). The van der Waals surface area contributed by atoms with Gasteiger partial charge in [0, 0.05) is 12.2 Å². The quantitative estimate of drug-likeness (QED) is 0.792. The second-order valence-corrected chi connectivity index (χ2v) is 5.90. The lowest BCUT2D eigenvalue weighted by Gasteiger charge is -2.25. The fourth-order valence-corrected chi connectivity index (χ4v) is 2.48. The van der Waals surface area contributed by atoms with Crippen LogP contribution in [0, 0.1) is 17.8 Å². The minimum atomic E-state index is 0.0714. The molecule has 3 heteroatoms. The van der Waals surface area contributed by atoms with E-state index in [1.54, 1.807) is 0 Å². The van der Waals surface area contributed by atoms with Gasteiger partial charge in [0.2, 0.25) is 0 Å². The Morgan fingerprint density at radius 2 is 1.79 bits per heavy atom. The van der Waals surface area contributed by atoms with Crippen LogP contribution >= 0.6 is 0 Å². The van der Waals surface area contributed by atoms with Gasteiger partial charge in [0.1, 0.15) is 5.82 Å². The second kappa shape index (κ2) is 7.49. The molecule has 0 atom stereocenters. The van der Waals surface area contributed by atoms with Gasteiger partial charge in [-0.3, -0.25) is 0 Å². The van der Waals surface area contributed by atoms with Crippen LogP contribution in [0.1, 0.15) is 45.9 Å². The zero-order chi connectivity index (χ0) is 14.4. The number of aryl methyl sites for hydroxylation is 1. The number of hydrogen-bond acceptors (Lipinski definition) is 3. The number of hydrogen-bond donors (Lipinski definition) is 2. The third-order valence-corrected chi connectivity index (χ3v) is 3.71. The first-order valence-corrected chi connectivity index (χ1v) is 7.32. The molecule has 1 aromatic heterocycles. The maximum absolute atomic E-state index is 9.28. The summed E-state index contributed by atoms with van der Waals surface area (Å²) in [5.41, 5.74) is 1.96. The fourth-order valence-electron chi connectivity index (χ4n) is 2.48. The first-order valence-electron chi connectivity index (χ1n) is 7.32. The molecule has 2 N–H and O–H groups in total. The summed E-state index contributed by atoms with van der Waals surface area (Å²) >= 11 is 0. The average molecular weight is 264 g/mol. The van der Waals surface area contributed by atoms with E-state index in [1.807, 2.05) is 12.1 Å². The highest BCUT2D eigenvalue weighted by atomic mass is 16.3. The molecule has 0 aromatic carbocycles. The van der Waals surface area contributed by atoms with Crippen molar-refractivity contribution in [3.63, 3.8) is 0 Å². The molecule has 1 rings (SSSR count). The van der Waals surface area contributed by atoms with E-state index in [-0.39, 0.29) is 6.61 Å². The number of pyridine rings is 1. The summed E-state index contributed by atoms with van der Waals surface area (Å²) in [6, 6.07) is 3.91. The van der Waals surface area contributed by atoms with Crippen LogP contribution in [0.15, 0.2) is 12.1 Å². The van der Waals surface area contributed by atoms with Crippen molar-refractivity contribution in [3.05, 3.63) is 23.4 Å². The SMILES string of the molecule is CCc1cc(CO)cc(NCC(C(C)C)C(C)C)n1. The molecule has 0 saturated heterocycles. The predicted octanol–water partition coefficient (Wildman–Crippen LogP) is 3.48. The molecule has 0 amide bonds. The normalized spacial score (nSPS) is 11.6. The molecule has 0 aliphatic carbocycles. The molecule has 1 heterocycles. The number of nitrogens with zero attached hydrogens (tertiary/aromatic N) is 1. The maximum atomic E-state index is 9.28. The van der Waals surface area contributed by atoms with Crippen LogP contribution in [0.3, 0.4) is 0 Å². The Balaban J connectivity index is 2.76. The monoisotopic (exact) mass is 264 g/mol. The molecular weight excluding hydrogens is 236 g/mol. The van der Waals surface area contributed by atoms with E-state index < -0.39 is 0 Å². The summed E-state index contributed by atoms with van der Waals surface area (Å²) in [5, 5.41) is 12.7. The van der Waals surface area contributed by atoms with Crippen LogP contribution in [0.4, 0.5) is 5.82 Å². The number of nitrogens with one attached hydrogen (secondary N) is 1. The molecule has 19 heavy (non-hydrogen) atoms. The van der Waals surface area contributed by atoms with Gasteiger partial charge in [0.25, 0.3) is 0 Å². The van der Waals surface area contributed by atoms with Crippen molar-refractivity contribution in [3.8, 4) is 0 Å². The summed E-state index contributed by atoms with van der Waals surface area (Å²) in [7, 11) is 0. The molecule has 0 fully saturated rings. The van der Waals surface area contributed by atoms with Crippen molar-refractivity contribution in [2.75, 3.05) is 11.9 Å². The Morgan fingerprint density at radius 3 is 2.26 bits per heavy atom. The summed E-state index contributed by atoms with van der Waals surface area (Å²) in [6.45, 7) is 12.1. The Morgan fingerprint density at radius 1 is 1.16 bits per heavy atom. The Kier molecular flexibility index (Phi) is 6.29. The number of aromatic nitrogens is 1. The van der Waals surface area contributed by atoms with Crippen LogP contribution in [-0.2, 0) is 13.0 Å². The highest BCUT2D eigenvalue weighted by molar-refractivity contribution is 5.39. The zero-order valence-corrected chi connectivity index (χ0v) is 12.9. The molecular formula is C16H28N2O. The van der Waals surface area contributed by atoms with E-state index in [4.69, 9.17) is 0 Å². The van der Waals surface area contributed by atoms with E-state index in [9.17, 15) is 5.11 Å². The predicted molar refractivity (Wildman–Crippen MR) is 81.2 cm³/mol. The first-order chi connectivity index (χ1) is 8.97. The van der Waals surface area contributed by atoms with Crippen molar-refractivity contribution in [1.29, 1.82) is 0 Å². The molecule has 0 unspecified atom stereocenters. The summed E-state index contributed by atoms with van der Waals surface area (Å²) in [4.78, 5) is 4.57. The van der Waals surface area contributed by atoms with Crippen molar-refractivity contribution in [1.82, 2.24) is 4.98 Å². The molecule has 0 spiro atoms. The minimum Gasteiger partial charge on any atom is -0.392 e. The third-order valence-electron chi connectivity index (χ3n) is 3.71. The zero-order valence-electron chi connectivity index (χ0n) is 12.9. The van der Waals surface area contributed by atoms with Crippen molar-refractivity contribution in [2.45, 2.75) is 47.6 Å². The topological polar surface area (TPSA) is 45.1 Å². The van der Waals surface area contributed by atoms with Gasteiger partial charge in [-0.15, -0.1) is 0 Å². The van der Waals surface area contributed by atoms with E-state index >= 15 is 0 Å². The van der Waals surface area contributed by atoms with Gasteiger partial charge in [0.05, 0.1) is 6.61 Å². The average Bonchev–Trinajstić information content (AvgIpc) is 2.37. The highest BCUT2D eigenvalue weighted by Gasteiger charge is 2.17.